The van der Waals surface area contributed by atoms with E-state index in [4.69, 9.17) is 0 Å². The molecule has 64 valence electrons. The van der Waals surface area contributed by atoms with E-state index in [0.717, 1.165) is 12.1 Å². The van der Waals surface area contributed by atoms with Crippen molar-refractivity contribution in [3.63, 3.8) is 0 Å². The zero-order chi connectivity index (χ0) is 7.52. The van der Waals surface area contributed by atoms with Gasteiger partial charge >= 0.3 is 0 Å². The molecular weight excluding hydrogens is 156 g/mol. The summed E-state index contributed by atoms with van der Waals surface area (Å²) in [4.78, 5) is 0. The molecule has 0 aromatic heterocycles. The Morgan fingerprint density at radius 1 is 1.27 bits per heavy atom. The van der Waals surface area contributed by atoms with Crippen LogP contribution in [0, 0.1) is 0 Å². The van der Waals surface area contributed by atoms with Crippen LogP contribution in [0.3, 0.4) is 0 Å². The Labute approximate surface area is 72.5 Å². The number of hydrogen-bond donors (Lipinski definition) is 2. The quantitative estimate of drug-likeness (QED) is 0.632. The van der Waals surface area contributed by atoms with Crippen molar-refractivity contribution in [2.24, 2.45) is 0 Å². The molecule has 2 fully saturated rings. The van der Waals surface area contributed by atoms with E-state index in [9.17, 15) is 0 Å². The number of hydrogen-bond acceptors (Lipinski definition) is 3. The second-order valence-corrected chi connectivity index (χ2v) is 4.57. The van der Waals surface area contributed by atoms with Crippen molar-refractivity contribution in [1.82, 2.24) is 10.6 Å². The fraction of sp³-hybridized carbons (Fsp3) is 1.00. The van der Waals surface area contributed by atoms with E-state index in [-0.39, 0.29) is 0 Å². The van der Waals surface area contributed by atoms with Crippen molar-refractivity contribution < 1.29 is 0 Å². The van der Waals surface area contributed by atoms with Crippen LogP contribution in [-0.4, -0.2) is 36.7 Å². The van der Waals surface area contributed by atoms with Gasteiger partial charge in [-0.1, -0.05) is 0 Å². The lowest BCUT2D eigenvalue weighted by Crippen LogP contribution is -2.39. The minimum Gasteiger partial charge on any atom is -0.315 e. The van der Waals surface area contributed by atoms with Crippen LogP contribution in [0.1, 0.15) is 12.8 Å². The van der Waals surface area contributed by atoms with Crippen LogP contribution in [0.25, 0.3) is 0 Å². The van der Waals surface area contributed by atoms with Crippen LogP contribution in [0.2, 0.25) is 0 Å². The number of thioether (sulfide) groups is 1. The maximum absolute atomic E-state index is 3.69. The molecule has 2 rings (SSSR count). The number of rotatable bonds is 2. The Bertz CT molecular complexity index is 103. The van der Waals surface area contributed by atoms with Gasteiger partial charge in [0, 0.05) is 24.4 Å². The molecule has 0 amide bonds. The van der Waals surface area contributed by atoms with Gasteiger partial charge in [-0.25, -0.2) is 0 Å². The Kier molecular flexibility index (Phi) is 2.72. The van der Waals surface area contributed by atoms with Gasteiger partial charge in [-0.15, -0.1) is 0 Å². The van der Waals surface area contributed by atoms with E-state index in [1.165, 1.54) is 37.4 Å². The molecule has 0 radical (unpaired) electrons. The molecule has 2 N–H and O–H groups in total. The van der Waals surface area contributed by atoms with E-state index >= 15 is 0 Å². The largest absolute Gasteiger partial charge is 0.315 e. The normalized spacial score (nSPS) is 38.2. The zero-order valence-electron chi connectivity index (χ0n) is 6.81. The first kappa shape index (κ1) is 7.90. The molecule has 2 atom stereocenters. The molecule has 2 saturated heterocycles. The average Bonchev–Trinajstić information content (AvgIpc) is 2.60. The predicted molar refractivity (Wildman–Crippen MR) is 50.1 cm³/mol. The van der Waals surface area contributed by atoms with Crippen molar-refractivity contribution in [3.05, 3.63) is 0 Å². The summed E-state index contributed by atoms with van der Waals surface area (Å²) in [7, 11) is 0. The van der Waals surface area contributed by atoms with Gasteiger partial charge < -0.3 is 10.6 Å². The highest BCUT2D eigenvalue weighted by Crippen LogP contribution is 2.18. The van der Waals surface area contributed by atoms with E-state index < -0.39 is 0 Å². The second-order valence-electron chi connectivity index (χ2n) is 3.42. The highest BCUT2D eigenvalue weighted by Gasteiger charge is 2.21. The molecule has 0 aromatic carbocycles. The first-order chi connectivity index (χ1) is 5.45. The molecule has 3 heteroatoms. The van der Waals surface area contributed by atoms with Crippen LogP contribution in [-0.2, 0) is 0 Å². The molecule has 0 aromatic rings. The van der Waals surface area contributed by atoms with Gasteiger partial charge in [0.2, 0.25) is 0 Å². The molecule has 0 bridgehead atoms. The van der Waals surface area contributed by atoms with Crippen LogP contribution in [0.4, 0.5) is 0 Å². The maximum atomic E-state index is 3.69. The Morgan fingerprint density at radius 2 is 2.27 bits per heavy atom. The van der Waals surface area contributed by atoms with Crippen LogP contribution >= 0.6 is 11.8 Å². The zero-order valence-corrected chi connectivity index (χ0v) is 7.62. The molecule has 0 saturated carbocycles. The molecule has 2 unspecified atom stereocenters. The van der Waals surface area contributed by atoms with Crippen LogP contribution in [0.15, 0.2) is 0 Å². The lowest BCUT2D eigenvalue weighted by molar-refractivity contribution is 0.471. The summed E-state index contributed by atoms with van der Waals surface area (Å²) in [6.07, 6.45) is 2.70. The van der Waals surface area contributed by atoms with Crippen LogP contribution in [0.5, 0.6) is 0 Å². The number of nitrogens with one attached hydrogen (secondary N) is 2. The molecular formula is C8H16N2S. The lowest BCUT2D eigenvalue weighted by atomic mass is 10.2. The summed E-state index contributed by atoms with van der Waals surface area (Å²) in [6.45, 7) is 2.39. The molecule has 0 spiro atoms. The monoisotopic (exact) mass is 172 g/mol. The van der Waals surface area contributed by atoms with Crippen molar-refractivity contribution in [2.45, 2.75) is 24.9 Å². The molecule has 2 heterocycles. The van der Waals surface area contributed by atoms with E-state index in [2.05, 4.69) is 22.4 Å². The van der Waals surface area contributed by atoms with Crippen LogP contribution < -0.4 is 10.6 Å². The second kappa shape index (κ2) is 3.78. The summed E-state index contributed by atoms with van der Waals surface area (Å²) in [5.74, 6) is 2.69. The summed E-state index contributed by atoms with van der Waals surface area (Å²) in [5.41, 5.74) is 0. The lowest BCUT2D eigenvalue weighted by Gasteiger charge is -2.16. The third-order valence-corrected chi connectivity index (χ3v) is 3.62. The fourth-order valence-corrected chi connectivity index (χ4v) is 2.96. The van der Waals surface area contributed by atoms with Crippen molar-refractivity contribution >= 4 is 11.8 Å². The Hall–Kier alpha value is 0.270. The highest BCUT2D eigenvalue weighted by molar-refractivity contribution is 7.99. The Morgan fingerprint density at radius 3 is 2.91 bits per heavy atom. The molecule has 11 heavy (non-hydrogen) atoms. The molecule has 0 aliphatic carbocycles. The third kappa shape index (κ3) is 2.10. The first-order valence-electron chi connectivity index (χ1n) is 4.49. The standard InChI is InChI=1S/C8H16N2S/c1-3-9-5-7(1)10-8-2-4-11-6-8/h7-10H,1-6H2. The van der Waals surface area contributed by atoms with Gasteiger partial charge in [-0.3, -0.25) is 0 Å². The topological polar surface area (TPSA) is 24.1 Å². The van der Waals surface area contributed by atoms with Gasteiger partial charge in [0.15, 0.2) is 0 Å². The smallest absolute Gasteiger partial charge is 0.0207 e. The van der Waals surface area contributed by atoms with Crippen molar-refractivity contribution in [2.75, 3.05) is 24.6 Å². The van der Waals surface area contributed by atoms with Gasteiger partial charge in [0.25, 0.3) is 0 Å². The van der Waals surface area contributed by atoms with Gasteiger partial charge in [-0.05, 0) is 25.1 Å². The van der Waals surface area contributed by atoms with Crippen molar-refractivity contribution in [1.29, 1.82) is 0 Å². The maximum Gasteiger partial charge on any atom is 0.0207 e. The molecule has 2 aliphatic heterocycles. The minimum atomic E-state index is 0.763. The SMILES string of the molecule is C1CC(NC2CCSC2)CN1. The minimum absolute atomic E-state index is 0.763. The molecule has 2 nitrogen and oxygen atoms in total. The predicted octanol–water partition coefficient (Wildman–Crippen LogP) is 0.443. The Balaban J connectivity index is 1.71. The highest BCUT2D eigenvalue weighted by atomic mass is 32.2. The summed E-state index contributed by atoms with van der Waals surface area (Å²) >= 11 is 2.08. The van der Waals surface area contributed by atoms with Gasteiger partial charge in [0.1, 0.15) is 0 Å². The van der Waals surface area contributed by atoms with Crippen molar-refractivity contribution in [3.8, 4) is 0 Å². The van der Waals surface area contributed by atoms with E-state index in [1.54, 1.807) is 0 Å². The first-order valence-corrected chi connectivity index (χ1v) is 5.65. The van der Waals surface area contributed by atoms with E-state index in [0.29, 0.717) is 0 Å². The summed E-state index contributed by atoms with van der Waals surface area (Å²) in [6, 6.07) is 1.57. The van der Waals surface area contributed by atoms with Gasteiger partial charge in [0.05, 0.1) is 0 Å². The summed E-state index contributed by atoms with van der Waals surface area (Å²) < 4.78 is 0. The molecule has 2 aliphatic rings. The average molecular weight is 172 g/mol. The third-order valence-electron chi connectivity index (χ3n) is 2.46. The van der Waals surface area contributed by atoms with E-state index in [1.807, 2.05) is 0 Å². The summed E-state index contributed by atoms with van der Waals surface area (Å²) in [5, 5.41) is 7.07. The fourth-order valence-electron chi connectivity index (χ4n) is 1.80. The van der Waals surface area contributed by atoms with Gasteiger partial charge in [-0.2, -0.15) is 11.8 Å².